The van der Waals surface area contributed by atoms with Gasteiger partial charge in [-0.3, -0.25) is 48.1 Å². The van der Waals surface area contributed by atoms with E-state index in [-0.39, 0.29) is 24.1 Å². The molecule has 8 amide bonds. The first-order valence-corrected chi connectivity index (χ1v) is 24.9. The molecule has 410 valence electrons. The number of para-hydroxylation sites is 4. The molecule has 2 aromatic carbocycles. The Balaban J connectivity index is 1.41. The van der Waals surface area contributed by atoms with Gasteiger partial charge in [0, 0.05) is 28.2 Å². The van der Waals surface area contributed by atoms with Crippen molar-refractivity contribution in [1.29, 1.82) is 0 Å². The molecule has 2 aromatic heterocycles. The maximum absolute atomic E-state index is 14.8. The van der Waals surface area contributed by atoms with E-state index in [1.807, 2.05) is 0 Å². The van der Waals surface area contributed by atoms with E-state index in [4.69, 9.17) is 9.47 Å². The van der Waals surface area contributed by atoms with Crippen molar-refractivity contribution in [1.82, 2.24) is 60.8 Å². The monoisotopic (exact) mass is 1060 g/mol. The molecule has 2 aliphatic rings. The summed E-state index contributed by atoms with van der Waals surface area (Å²) in [6.07, 6.45) is 3.70. The fourth-order valence-corrected chi connectivity index (χ4v) is 9.04. The fraction of sp³-hybridized carbons (Fsp3) is 0.462. The van der Waals surface area contributed by atoms with Gasteiger partial charge in [0.2, 0.25) is 35.4 Å². The molecule has 0 saturated heterocycles. The summed E-state index contributed by atoms with van der Waals surface area (Å²) >= 11 is 0. The summed E-state index contributed by atoms with van der Waals surface area (Å²) in [4.78, 5) is 175. The zero-order chi connectivity index (χ0) is 56.6. The molecule has 77 heavy (non-hydrogen) atoms. The molecule has 25 nitrogen and oxygen atoms in total. The minimum absolute atomic E-state index is 0.192. The number of carbonyl (C=O) groups excluding carboxylic acids is 10. The van der Waals surface area contributed by atoms with Gasteiger partial charge in [0.1, 0.15) is 67.2 Å². The zero-order valence-electron chi connectivity index (χ0n) is 44.4. The van der Waals surface area contributed by atoms with Crippen molar-refractivity contribution in [3.05, 3.63) is 88.6 Å². The summed E-state index contributed by atoms with van der Waals surface area (Å²) in [7, 11) is 5.21. The molecule has 4 heterocycles. The van der Waals surface area contributed by atoms with E-state index in [0.29, 0.717) is 16.6 Å². The second-order valence-corrected chi connectivity index (χ2v) is 19.6. The SMILES string of the molecule is CC(C)[C@H]1C(=O)OC[C@@H](NC(=O)c2nc3ccccc3[nH]c2=O)C(=O)N[C@@H](C)C(=O)N(C)[C@H]2C/C=C\C[C@@H](C(=O)N1C)N(C)C(=O)[C@H](C)NC(=O)[C@H](NC(=O)c1cnc3ccccc3n1)COC(=O)[C@H](C(C)C)N(C)C2=O. The van der Waals surface area contributed by atoms with Crippen LogP contribution >= 0.6 is 0 Å². The quantitative estimate of drug-likeness (QED) is 0.124. The summed E-state index contributed by atoms with van der Waals surface area (Å²) in [5.74, 6) is -10.7. The lowest BCUT2D eigenvalue weighted by Crippen LogP contribution is -2.60. The molecule has 5 N–H and O–H groups in total. The van der Waals surface area contributed by atoms with Crippen molar-refractivity contribution in [2.24, 2.45) is 11.8 Å². The average molecular weight is 1070 g/mol. The van der Waals surface area contributed by atoms with Gasteiger partial charge in [0.25, 0.3) is 17.4 Å². The third kappa shape index (κ3) is 13.3. The van der Waals surface area contributed by atoms with Gasteiger partial charge in [-0.15, -0.1) is 0 Å². The van der Waals surface area contributed by atoms with Crippen molar-refractivity contribution >= 4 is 81.3 Å². The van der Waals surface area contributed by atoms with Crippen LogP contribution in [0.5, 0.6) is 0 Å². The molecule has 2 bridgehead atoms. The predicted octanol–water partition coefficient (Wildman–Crippen LogP) is -0.157. The molecule has 8 atom stereocenters. The van der Waals surface area contributed by atoms with Gasteiger partial charge in [-0.2, -0.15) is 0 Å². The normalized spacial score (nSPS) is 24.8. The number of aromatic amines is 1. The van der Waals surface area contributed by atoms with Crippen LogP contribution in [0.1, 0.15) is 75.4 Å². The summed E-state index contributed by atoms with van der Waals surface area (Å²) in [6, 6.07) is 1.24. The van der Waals surface area contributed by atoms with Gasteiger partial charge >= 0.3 is 11.9 Å². The zero-order valence-corrected chi connectivity index (χ0v) is 44.4. The lowest BCUT2D eigenvalue weighted by atomic mass is 9.99. The molecule has 0 aliphatic carbocycles. The summed E-state index contributed by atoms with van der Waals surface area (Å²) < 4.78 is 11.4. The molecule has 25 heteroatoms. The molecular formula is C52H64N12O13. The summed E-state index contributed by atoms with van der Waals surface area (Å²) in [5, 5.41) is 9.94. The first-order valence-electron chi connectivity index (χ1n) is 24.9. The lowest BCUT2D eigenvalue weighted by Gasteiger charge is -2.37. The van der Waals surface area contributed by atoms with E-state index < -0.39 is 144 Å². The van der Waals surface area contributed by atoms with Gasteiger partial charge in [-0.25, -0.2) is 19.6 Å². The van der Waals surface area contributed by atoms with Gasteiger partial charge in [0.05, 0.1) is 28.3 Å². The van der Waals surface area contributed by atoms with Gasteiger partial charge in [-0.05, 0) is 62.8 Å². The number of esters is 2. The highest BCUT2D eigenvalue weighted by molar-refractivity contribution is 6.00. The largest absolute Gasteiger partial charge is 0.461 e. The number of nitrogens with zero attached hydrogens (tertiary/aromatic N) is 7. The number of amides is 8. The van der Waals surface area contributed by atoms with Crippen LogP contribution in [0, 0.1) is 11.8 Å². The number of carbonyl (C=O) groups is 10. The van der Waals surface area contributed by atoms with Crippen LogP contribution in [-0.2, 0) is 47.8 Å². The minimum Gasteiger partial charge on any atom is -0.461 e. The van der Waals surface area contributed by atoms with Crippen molar-refractivity contribution < 1.29 is 57.4 Å². The van der Waals surface area contributed by atoms with Crippen molar-refractivity contribution in [3.8, 4) is 0 Å². The molecule has 0 unspecified atom stereocenters. The Morgan fingerprint density at radius 1 is 0.584 bits per heavy atom. The van der Waals surface area contributed by atoms with E-state index in [2.05, 4.69) is 41.2 Å². The number of cyclic esters (lactones) is 2. The topological polar surface area (TPSA) is 322 Å². The van der Waals surface area contributed by atoms with Crippen LogP contribution < -0.4 is 26.8 Å². The van der Waals surface area contributed by atoms with Crippen molar-refractivity contribution in [2.75, 3.05) is 41.4 Å². The van der Waals surface area contributed by atoms with Gasteiger partial charge in [0.15, 0.2) is 5.69 Å². The number of rotatable bonds is 6. The van der Waals surface area contributed by atoms with Crippen LogP contribution in [0.15, 0.2) is 71.7 Å². The number of H-pyrrole nitrogens is 1. The maximum atomic E-state index is 14.8. The summed E-state index contributed by atoms with van der Waals surface area (Å²) in [5.41, 5.74) is -0.312. The van der Waals surface area contributed by atoms with Crippen molar-refractivity contribution in [2.45, 2.75) is 103 Å². The van der Waals surface area contributed by atoms with Crippen LogP contribution in [0.4, 0.5) is 0 Å². The minimum atomic E-state index is -1.79. The first kappa shape index (κ1) is 57.6. The van der Waals surface area contributed by atoms with Crippen molar-refractivity contribution in [3.63, 3.8) is 0 Å². The Morgan fingerprint density at radius 3 is 1.51 bits per heavy atom. The summed E-state index contributed by atoms with van der Waals surface area (Å²) in [6.45, 7) is 7.42. The van der Waals surface area contributed by atoms with Crippen LogP contribution in [0.3, 0.4) is 0 Å². The number of fused-ring (bicyclic) bond motifs is 6. The molecule has 0 spiro atoms. The maximum Gasteiger partial charge on any atom is 0.329 e. The Labute approximate surface area is 442 Å². The smallest absolute Gasteiger partial charge is 0.329 e. The number of ether oxygens (including phenoxy) is 2. The number of hydrogen-bond donors (Lipinski definition) is 5. The second kappa shape index (κ2) is 24.8. The van der Waals surface area contributed by atoms with Crippen LogP contribution in [0.2, 0.25) is 0 Å². The van der Waals surface area contributed by atoms with Crippen LogP contribution in [-0.4, -0.2) is 188 Å². The standard InChI is InChI=1S/C52H64N12O13/c1-26(2)40-51(74)76-24-35(59-42(65)34-23-53-30-17-11-12-18-31(30)56-34)43(66)54-28(5)47(70)61(7)37-21-15-16-22-38(49(72)63(40)9)62(8)48(71)29(6)55-44(67)36(25-77-52(75)41(27(3)4)64(10)50(37)73)60-46(69)39-45(68)58-33-20-14-13-19-32(33)57-39/h11-20,23,26-29,35-38,40-41H,21-22,24-25H2,1-10H3,(H,54,66)(H,55,67)(H,58,68)(H,59,65)(H,60,69)/b16-15-/t28-,29-,35+,36+,37-,38-,40-,41-/m0/s1. The second-order valence-electron chi connectivity index (χ2n) is 19.6. The molecule has 4 aromatic rings. The Morgan fingerprint density at radius 2 is 1.03 bits per heavy atom. The fourth-order valence-electron chi connectivity index (χ4n) is 9.04. The average Bonchev–Trinajstić information content (AvgIpc) is 3.40. The van der Waals surface area contributed by atoms with E-state index >= 15 is 0 Å². The highest BCUT2D eigenvalue weighted by Gasteiger charge is 2.42. The number of benzene rings is 2. The third-order valence-corrected chi connectivity index (χ3v) is 13.3. The van der Waals surface area contributed by atoms with Crippen LogP contribution in [0.25, 0.3) is 22.1 Å². The number of nitrogens with one attached hydrogen (secondary N) is 5. The number of aromatic nitrogens is 4. The van der Waals surface area contributed by atoms with E-state index in [9.17, 15) is 52.7 Å². The third-order valence-electron chi connectivity index (χ3n) is 13.3. The molecule has 0 fully saturated rings. The molecular weight excluding hydrogens is 1000 g/mol. The number of hydrogen-bond acceptors (Lipinski definition) is 16. The highest BCUT2D eigenvalue weighted by atomic mass is 16.5. The van der Waals surface area contributed by atoms with E-state index in [0.717, 1.165) is 19.6 Å². The Hall–Kier alpha value is -8.64. The first-order chi connectivity index (χ1) is 36.4. The predicted molar refractivity (Wildman–Crippen MR) is 276 cm³/mol. The molecule has 0 radical (unpaired) electrons. The molecule has 6 rings (SSSR count). The Kier molecular flexibility index (Phi) is 18.6. The molecule has 0 saturated carbocycles. The Bertz CT molecular complexity index is 3050. The van der Waals surface area contributed by atoms with E-state index in [1.165, 1.54) is 66.5 Å². The van der Waals surface area contributed by atoms with Gasteiger partial charge in [-0.1, -0.05) is 64.1 Å². The van der Waals surface area contributed by atoms with Gasteiger partial charge < -0.3 is 55.3 Å². The lowest BCUT2D eigenvalue weighted by molar-refractivity contribution is -0.160. The molecule has 2 aliphatic heterocycles. The van der Waals surface area contributed by atoms with E-state index in [1.54, 1.807) is 70.2 Å². The highest BCUT2D eigenvalue weighted by Crippen LogP contribution is 2.21. The number of likely N-dealkylation sites (N-methyl/N-ethyl adjacent to an activating group) is 4.